The van der Waals surface area contributed by atoms with Crippen LogP contribution in [0, 0.1) is 97.6 Å². The molecule has 4 aliphatic rings. The Kier molecular flexibility index (Phi) is 8.32. The van der Waals surface area contributed by atoms with Gasteiger partial charge < -0.3 is 18.9 Å². The van der Waals surface area contributed by atoms with Gasteiger partial charge in [-0.1, -0.05) is 0 Å². The maximum atomic E-state index is 13.2. The molecule has 2 aromatic carbocycles. The molecule has 2 aromatic heterocycles. The maximum Gasteiger partial charge on any atom is 0.279 e. The first-order valence-electron chi connectivity index (χ1n) is 14.9. The third kappa shape index (κ3) is 5.59. The summed E-state index contributed by atoms with van der Waals surface area (Å²) in [6.45, 7) is 14.9. The van der Waals surface area contributed by atoms with Crippen molar-refractivity contribution in [1.82, 2.24) is 24.7 Å². The highest BCUT2D eigenvalue weighted by atomic mass is 16.5. The molecule has 13 nitrogen and oxygen atoms in total. The van der Waals surface area contributed by atoms with Crippen LogP contribution in [-0.2, 0) is 9.59 Å². The molecule has 3 fully saturated rings. The number of nitrogens with zero attached hydrogens (tertiary/aromatic N) is 6. The predicted molar refractivity (Wildman–Crippen MR) is 175 cm³/mol. The van der Waals surface area contributed by atoms with E-state index in [1.54, 1.807) is 36.7 Å². The van der Waals surface area contributed by atoms with E-state index in [0.717, 1.165) is 0 Å². The molecule has 243 valence electrons. The van der Waals surface area contributed by atoms with Gasteiger partial charge >= 0.3 is 0 Å². The van der Waals surface area contributed by atoms with Crippen LogP contribution in [0.1, 0.15) is 26.3 Å². The van der Waals surface area contributed by atoms with Gasteiger partial charge in [-0.3, -0.25) is 38.8 Å². The van der Waals surface area contributed by atoms with Crippen LogP contribution in [0.2, 0.25) is 0 Å². The number of ether oxygens (including phenoxy) is 2. The zero-order valence-electron chi connectivity index (χ0n) is 26.4. The second-order valence-corrected chi connectivity index (χ2v) is 11.2. The summed E-state index contributed by atoms with van der Waals surface area (Å²) in [7, 11) is 10.9. The van der Waals surface area contributed by atoms with Crippen LogP contribution in [0.4, 0.5) is 5.69 Å². The molecule has 4 aliphatic heterocycles. The van der Waals surface area contributed by atoms with E-state index in [2.05, 4.69) is 90.0 Å². The van der Waals surface area contributed by atoms with Gasteiger partial charge in [-0.2, -0.15) is 5.32 Å². The van der Waals surface area contributed by atoms with Crippen molar-refractivity contribution in [2.75, 3.05) is 4.90 Å². The van der Waals surface area contributed by atoms with Gasteiger partial charge in [0, 0.05) is 68.0 Å². The number of anilines is 1. The molecule has 25 radical (unpaired) electrons. The fraction of sp³-hybridized carbons (Fsp3) is 0.0256. The summed E-state index contributed by atoms with van der Waals surface area (Å²) >= 11 is 0. The molecule has 0 bridgehead atoms. The number of likely N-dealkylation sites (tertiary alicyclic amines) is 1. The lowest BCUT2D eigenvalue weighted by Gasteiger charge is -2.50. The number of aromatic nitrogens is 2. The molecule has 6 heterocycles. The summed E-state index contributed by atoms with van der Waals surface area (Å²) in [6.07, 6.45) is 17.2. The molecule has 8 rings (SSSR count). The minimum Gasteiger partial charge on any atom is -0.490 e. The SMILES string of the molecule is [CH2]Oc1cc(-c2cn([CH2])c(=O)c3cnccc23)cc(O[CH2])c1[C]N1[C][C]C2([C][C]1)[C]N(c1ccc3c(c1)C(=O)N([C]1[C][C][C]C(=O)[N]C1=O)C3=O)[C]2. The van der Waals surface area contributed by atoms with Gasteiger partial charge in [0.1, 0.15) is 45.4 Å². The van der Waals surface area contributed by atoms with Crippen LogP contribution in [-0.4, -0.2) is 43.0 Å². The topological polar surface area (TPSA) is 145 Å². The van der Waals surface area contributed by atoms with E-state index in [0.29, 0.717) is 38.1 Å². The molecule has 0 aliphatic carbocycles. The first kappa shape index (κ1) is 33.6. The van der Waals surface area contributed by atoms with E-state index in [1.807, 2.05) is 6.42 Å². The third-order valence-corrected chi connectivity index (χ3v) is 8.18. The lowest BCUT2D eigenvalue weighted by atomic mass is 9.71. The van der Waals surface area contributed by atoms with E-state index < -0.39 is 35.1 Å². The smallest absolute Gasteiger partial charge is 0.279 e. The molecular formula is C39H15N6O7. The molecular weight excluding hydrogens is 664 g/mol. The van der Waals surface area contributed by atoms with Crippen molar-refractivity contribution < 1.29 is 28.7 Å². The van der Waals surface area contributed by atoms with E-state index in [1.165, 1.54) is 32.7 Å². The molecule has 4 aromatic rings. The van der Waals surface area contributed by atoms with Gasteiger partial charge in [0.25, 0.3) is 29.2 Å². The molecule has 0 N–H and O–H groups in total. The summed E-state index contributed by atoms with van der Waals surface area (Å²) in [6, 6.07) is 8.99. The van der Waals surface area contributed by atoms with Crippen molar-refractivity contribution in [3.05, 3.63) is 174 Å². The second-order valence-electron chi connectivity index (χ2n) is 11.2. The average Bonchev–Trinajstić information content (AvgIpc) is 3.26. The molecule has 52 heavy (non-hydrogen) atoms. The number of carbonyl (C=O) groups excluding carboxylic acids is 4. The zero-order chi connectivity index (χ0) is 36.3. The van der Waals surface area contributed by atoms with Gasteiger partial charge in [0.15, 0.2) is 6.04 Å². The normalized spacial score (nSPS) is 19.1. The van der Waals surface area contributed by atoms with Crippen LogP contribution >= 0.6 is 0 Å². The summed E-state index contributed by atoms with van der Waals surface area (Å²) in [5.41, 5.74) is 0.591. The Morgan fingerprint density at radius 2 is 1.54 bits per heavy atom. The number of imide groups is 2. The second kappa shape index (κ2) is 12.9. The Labute approximate surface area is 300 Å². The van der Waals surface area contributed by atoms with Crippen molar-refractivity contribution in [3.8, 4) is 22.6 Å². The van der Waals surface area contributed by atoms with Crippen molar-refractivity contribution in [2.24, 2.45) is 5.41 Å². The Hall–Kier alpha value is -5.56. The fourth-order valence-corrected chi connectivity index (χ4v) is 5.73. The van der Waals surface area contributed by atoms with Crippen LogP contribution in [0.15, 0.2) is 59.8 Å². The molecule has 0 unspecified atom stereocenters. The van der Waals surface area contributed by atoms with Crippen molar-refractivity contribution in [2.45, 2.75) is 0 Å². The fourth-order valence-electron chi connectivity index (χ4n) is 5.73. The van der Waals surface area contributed by atoms with Gasteiger partial charge in [-0.15, -0.1) is 0 Å². The van der Waals surface area contributed by atoms with Crippen LogP contribution < -0.4 is 25.2 Å². The molecule has 1 spiro atoms. The number of carbonyl (C=O) groups is 4. The Morgan fingerprint density at radius 1 is 0.827 bits per heavy atom. The lowest BCUT2D eigenvalue weighted by Crippen LogP contribution is -2.51. The summed E-state index contributed by atoms with van der Waals surface area (Å²) < 4.78 is 12.1. The van der Waals surface area contributed by atoms with Gasteiger partial charge in [0.05, 0.1) is 41.6 Å². The lowest BCUT2D eigenvalue weighted by molar-refractivity contribution is -0.128. The highest BCUT2D eigenvalue weighted by molar-refractivity contribution is 6.26. The zero-order valence-corrected chi connectivity index (χ0v) is 26.4. The largest absolute Gasteiger partial charge is 0.490 e. The quantitative estimate of drug-likeness (QED) is 0.267. The number of rotatable bonds is 7. The maximum absolute atomic E-state index is 13.2. The first-order valence-corrected chi connectivity index (χ1v) is 14.9. The number of piperidine rings is 1. The van der Waals surface area contributed by atoms with Crippen molar-refractivity contribution >= 4 is 40.1 Å². The number of hydrogen-bond acceptors (Lipinski definition) is 10. The molecule has 0 atom stereocenters. The number of pyridine rings is 2. The van der Waals surface area contributed by atoms with Crippen LogP contribution in [0.3, 0.4) is 0 Å². The predicted octanol–water partition coefficient (Wildman–Crippen LogP) is 2.61. The minimum atomic E-state index is -1.17. The Morgan fingerprint density at radius 3 is 2.25 bits per heavy atom. The Bertz CT molecular complexity index is 2190. The van der Waals surface area contributed by atoms with E-state index in [9.17, 15) is 24.0 Å². The van der Waals surface area contributed by atoms with Gasteiger partial charge in [0.2, 0.25) is 0 Å². The van der Waals surface area contributed by atoms with Crippen LogP contribution in [0.25, 0.3) is 21.9 Å². The Balaban J connectivity index is 0.938. The molecule has 0 saturated carbocycles. The highest BCUT2D eigenvalue weighted by Gasteiger charge is 2.51. The van der Waals surface area contributed by atoms with E-state index >= 15 is 0 Å². The number of benzene rings is 2. The molecule has 13 heteroatoms. The summed E-state index contributed by atoms with van der Waals surface area (Å²) in [4.78, 5) is 70.2. The third-order valence-electron chi connectivity index (χ3n) is 8.18. The minimum absolute atomic E-state index is 0.00457. The van der Waals surface area contributed by atoms with Crippen molar-refractivity contribution in [3.63, 3.8) is 0 Å². The highest BCUT2D eigenvalue weighted by Crippen LogP contribution is 2.51. The number of hydrogen-bond donors (Lipinski definition) is 0. The monoisotopic (exact) mass is 679 g/mol. The average molecular weight is 680 g/mol. The van der Waals surface area contributed by atoms with Crippen LogP contribution in [0.5, 0.6) is 11.5 Å². The number of fused-ring (bicyclic) bond motifs is 2. The summed E-state index contributed by atoms with van der Waals surface area (Å²) in [5, 5.41) is 4.26. The summed E-state index contributed by atoms with van der Waals surface area (Å²) in [5.74, 6) is -3.19. The van der Waals surface area contributed by atoms with E-state index in [4.69, 9.17) is 9.47 Å². The number of amides is 4. The van der Waals surface area contributed by atoms with E-state index in [-0.39, 0.29) is 28.2 Å². The van der Waals surface area contributed by atoms with Crippen molar-refractivity contribution in [1.29, 1.82) is 0 Å². The standard InChI is InChI=1S/C39H15N6O7/c1-42-19-29(25-9-12-40-18-28(25)36(42)48)23-15-32(51-2)30(33(16-23)52-3)20-43-13-10-39(11-14-43)21-44(22-39)24-7-8-26-27(17-24)38(50)45(37(26)49)31-5-4-6-34(46)41-35(31)47/h7-9,12,15-19H,1-3H2. The molecule has 4 amide bonds. The van der Waals surface area contributed by atoms with Gasteiger partial charge in [-0.05, 0) is 47.3 Å². The molecule has 3 saturated heterocycles. The van der Waals surface area contributed by atoms with Gasteiger partial charge in [-0.25, -0.2) is 0 Å². The first-order chi connectivity index (χ1) is 25.1.